The van der Waals surface area contributed by atoms with Gasteiger partial charge < -0.3 is 14.0 Å². The molecule has 1 saturated carbocycles. The number of para-hydroxylation sites is 3. The Morgan fingerprint density at radius 3 is 2.32 bits per heavy atom. The number of imidazole rings is 1. The SMILES string of the molecule is C[Si](C)(C)c1cnc(-c2[c-]cccc2)cc1CC1CCCCC1.[Ir].[c-]1ccc2c(oc3ccccc32)c1-c1nc2ccccc2n1-c1ccc2ccccc2c1. The Morgan fingerprint density at radius 2 is 1.50 bits per heavy atom. The maximum atomic E-state index is 6.31. The Hall–Kier alpha value is -5.13. The molecule has 1 radical (unpaired) electrons. The molecule has 1 aliphatic rings. The number of fused-ring (bicyclic) bond motifs is 5. The minimum absolute atomic E-state index is 0. The average molecular weight is 924 g/mol. The summed E-state index contributed by atoms with van der Waals surface area (Å²) in [6.07, 6.45) is 10.5. The molecule has 0 unspecified atom stereocenters. The van der Waals surface area contributed by atoms with Crippen LogP contribution in [0.25, 0.3) is 72.1 Å². The van der Waals surface area contributed by atoms with Gasteiger partial charge in [-0.25, -0.2) is 0 Å². The number of pyridine rings is 1. The molecule has 0 saturated heterocycles. The van der Waals surface area contributed by atoms with Crippen LogP contribution in [0.3, 0.4) is 0 Å². The van der Waals surface area contributed by atoms with Crippen LogP contribution < -0.4 is 5.19 Å². The summed E-state index contributed by atoms with van der Waals surface area (Å²) in [6, 6.07) is 52.6. The van der Waals surface area contributed by atoms with Crippen molar-refractivity contribution in [3.63, 3.8) is 0 Å². The standard InChI is InChI=1S/C29H17N2O.C21H28NSi.Ir/c1-2-9-20-18-21(17-16-19(20)8-1)31-26-14-5-4-13-25(26)30-29(31)24-12-7-11-23-22-10-3-6-15-27(22)32-28(23)24;1-23(2,3)21-16-22-20(18-12-8-5-9-13-18)15-19(21)14-17-10-6-4-7-11-17;/h1-11,13-18H;5,8-9,12,15-17H,4,6-7,10-11,14H2,1-3H3;/q2*-1;. The van der Waals surface area contributed by atoms with E-state index in [9.17, 15) is 0 Å². The first kappa shape index (κ1) is 37.8. The van der Waals surface area contributed by atoms with E-state index in [2.05, 4.69) is 134 Å². The molecule has 0 aliphatic heterocycles. The molecule has 281 valence electrons. The van der Waals surface area contributed by atoms with Gasteiger partial charge in [0.05, 0.1) is 30.5 Å². The molecular weight excluding hydrogens is 879 g/mol. The number of hydrogen-bond acceptors (Lipinski definition) is 3. The first-order valence-electron chi connectivity index (χ1n) is 19.7. The molecule has 0 N–H and O–H groups in total. The van der Waals surface area contributed by atoms with Crippen LogP contribution in [0.2, 0.25) is 19.6 Å². The number of benzene rings is 6. The van der Waals surface area contributed by atoms with Crippen molar-refractivity contribution in [1.82, 2.24) is 14.5 Å². The van der Waals surface area contributed by atoms with Crippen LogP contribution in [0.4, 0.5) is 0 Å². The molecule has 0 bridgehead atoms. The van der Waals surface area contributed by atoms with Gasteiger partial charge in [0.1, 0.15) is 5.58 Å². The molecule has 4 nitrogen and oxygen atoms in total. The van der Waals surface area contributed by atoms with Crippen LogP contribution in [0.15, 0.2) is 144 Å². The van der Waals surface area contributed by atoms with Crippen molar-refractivity contribution in [2.75, 3.05) is 0 Å². The van der Waals surface area contributed by atoms with Gasteiger partial charge in [0.2, 0.25) is 0 Å². The molecule has 56 heavy (non-hydrogen) atoms. The van der Waals surface area contributed by atoms with Gasteiger partial charge in [-0.1, -0.05) is 135 Å². The third-order valence-corrected chi connectivity index (χ3v) is 13.2. The summed E-state index contributed by atoms with van der Waals surface area (Å²) in [5.41, 5.74) is 9.35. The fraction of sp³-hybridized carbons (Fsp3) is 0.200. The second kappa shape index (κ2) is 16.2. The Balaban J connectivity index is 0.000000164. The molecule has 3 aromatic heterocycles. The number of furan rings is 1. The van der Waals surface area contributed by atoms with E-state index in [1.165, 1.54) is 49.3 Å². The number of hydrogen-bond donors (Lipinski definition) is 0. The van der Waals surface area contributed by atoms with Gasteiger partial charge in [-0.2, -0.15) is 0 Å². The fourth-order valence-corrected chi connectivity index (χ4v) is 9.96. The molecule has 0 amide bonds. The van der Waals surface area contributed by atoms with E-state index < -0.39 is 8.07 Å². The van der Waals surface area contributed by atoms with E-state index in [4.69, 9.17) is 14.4 Å². The van der Waals surface area contributed by atoms with Crippen LogP contribution >= 0.6 is 0 Å². The van der Waals surface area contributed by atoms with Gasteiger partial charge in [0.15, 0.2) is 0 Å². The molecule has 9 aromatic rings. The van der Waals surface area contributed by atoms with Gasteiger partial charge in [-0.05, 0) is 64.3 Å². The second-order valence-corrected chi connectivity index (χ2v) is 21.0. The van der Waals surface area contributed by atoms with Crippen molar-refractivity contribution in [3.05, 3.63) is 157 Å². The summed E-state index contributed by atoms with van der Waals surface area (Å²) in [6.45, 7) is 7.30. The minimum Gasteiger partial charge on any atom is -0.501 e. The first-order chi connectivity index (χ1) is 26.9. The van der Waals surface area contributed by atoms with Crippen LogP contribution in [0.1, 0.15) is 37.7 Å². The van der Waals surface area contributed by atoms with Crippen molar-refractivity contribution in [2.24, 2.45) is 5.92 Å². The van der Waals surface area contributed by atoms with Crippen molar-refractivity contribution in [2.45, 2.75) is 58.2 Å². The van der Waals surface area contributed by atoms with E-state index in [1.807, 2.05) is 42.5 Å². The molecule has 1 fully saturated rings. The van der Waals surface area contributed by atoms with Crippen molar-refractivity contribution in [3.8, 4) is 28.3 Å². The molecule has 1 aliphatic carbocycles. The summed E-state index contributed by atoms with van der Waals surface area (Å²) in [7, 11) is -1.36. The van der Waals surface area contributed by atoms with Gasteiger partial charge in [0.25, 0.3) is 0 Å². The molecule has 0 atom stereocenters. The van der Waals surface area contributed by atoms with E-state index in [0.717, 1.165) is 67.2 Å². The van der Waals surface area contributed by atoms with Gasteiger partial charge in [0, 0.05) is 37.4 Å². The topological polar surface area (TPSA) is 43.9 Å². The Kier molecular flexibility index (Phi) is 10.9. The third kappa shape index (κ3) is 7.54. The van der Waals surface area contributed by atoms with Crippen LogP contribution in [0, 0.1) is 18.1 Å². The molecule has 6 aromatic carbocycles. The summed E-state index contributed by atoms with van der Waals surface area (Å²) >= 11 is 0. The van der Waals surface area contributed by atoms with Gasteiger partial charge in [-0.3, -0.25) is 4.98 Å². The van der Waals surface area contributed by atoms with Crippen LogP contribution in [-0.2, 0) is 26.5 Å². The van der Waals surface area contributed by atoms with Crippen molar-refractivity contribution < 1.29 is 24.5 Å². The smallest absolute Gasteiger partial charge is 0.120 e. The number of aromatic nitrogens is 3. The zero-order valence-corrected chi connectivity index (χ0v) is 35.6. The first-order valence-corrected chi connectivity index (χ1v) is 23.2. The third-order valence-electron chi connectivity index (χ3n) is 11.1. The monoisotopic (exact) mass is 924 g/mol. The van der Waals surface area contributed by atoms with E-state index in [0.29, 0.717) is 0 Å². The van der Waals surface area contributed by atoms with Crippen molar-refractivity contribution >= 4 is 57.0 Å². The second-order valence-electron chi connectivity index (χ2n) is 15.9. The summed E-state index contributed by atoms with van der Waals surface area (Å²) in [5.74, 6) is 1.69. The molecule has 3 heterocycles. The quantitative estimate of drug-likeness (QED) is 0.123. The summed E-state index contributed by atoms with van der Waals surface area (Å²) in [4.78, 5) is 9.80. The predicted octanol–water partition coefficient (Wildman–Crippen LogP) is 12.8. The zero-order chi connectivity index (χ0) is 37.4. The Morgan fingerprint density at radius 1 is 0.732 bits per heavy atom. The van der Waals surface area contributed by atoms with Crippen molar-refractivity contribution in [1.29, 1.82) is 0 Å². The Labute approximate surface area is 344 Å². The van der Waals surface area contributed by atoms with Gasteiger partial charge in [-0.15, -0.1) is 54.1 Å². The molecule has 0 spiro atoms. The zero-order valence-electron chi connectivity index (χ0n) is 32.2. The predicted molar refractivity (Wildman–Crippen MR) is 232 cm³/mol. The molecule has 6 heteroatoms. The van der Waals surface area contributed by atoms with Crippen LogP contribution in [-0.4, -0.2) is 22.6 Å². The van der Waals surface area contributed by atoms with E-state index in [-0.39, 0.29) is 20.1 Å². The maximum Gasteiger partial charge on any atom is 0.120 e. The van der Waals surface area contributed by atoms with Gasteiger partial charge >= 0.3 is 0 Å². The largest absolute Gasteiger partial charge is 0.501 e. The van der Waals surface area contributed by atoms with Crippen LogP contribution in [0.5, 0.6) is 0 Å². The minimum atomic E-state index is -1.36. The number of nitrogens with zero attached hydrogens (tertiary/aromatic N) is 3. The maximum absolute atomic E-state index is 6.31. The fourth-order valence-electron chi connectivity index (χ4n) is 8.37. The molecule has 10 rings (SSSR count). The summed E-state index contributed by atoms with van der Waals surface area (Å²) in [5, 5.41) is 6.13. The number of rotatable bonds is 6. The Bertz CT molecular complexity index is 2770. The molecular formula is C50H45IrN3OSi-2. The van der Waals surface area contributed by atoms with E-state index >= 15 is 0 Å². The average Bonchev–Trinajstić information content (AvgIpc) is 3.80. The van der Waals surface area contributed by atoms with E-state index in [1.54, 1.807) is 10.8 Å². The summed E-state index contributed by atoms with van der Waals surface area (Å²) < 4.78 is 8.52. The normalized spacial score (nSPS) is 13.5.